The van der Waals surface area contributed by atoms with Crippen LogP contribution in [0.25, 0.3) is 11.1 Å². The van der Waals surface area contributed by atoms with Gasteiger partial charge in [0.15, 0.2) is 0 Å². The van der Waals surface area contributed by atoms with Crippen molar-refractivity contribution in [3.8, 4) is 11.1 Å². The van der Waals surface area contributed by atoms with Crippen molar-refractivity contribution in [2.24, 2.45) is 5.92 Å². The lowest BCUT2D eigenvalue weighted by Gasteiger charge is -2.22. The average Bonchev–Trinajstić information content (AvgIpc) is 3.60. The van der Waals surface area contributed by atoms with Crippen LogP contribution in [-0.4, -0.2) is 67.3 Å². The summed E-state index contributed by atoms with van der Waals surface area (Å²) in [5, 5.41) is 14.8. The first-order valence-corrected chi connectivity index (χ1v) is 12.1. The van der Waals surface area contributed by atoms with Crippen molar-refractivity contribution < 1.29 is 24.2 Å². The second kappa shape index (κ2) is 10.9. The van der Waals surface area contributed by atoms with Gasteiger partial charge in [-0.1, -0.05) is 61.4 Å². The van der Waals surface area contributed by atoms with Crippen LogP contribution in [-0.2, 0) is 14.3 Å². The van der Waals surface area contributed by atoms with Gasteiger partial charge in [0.05, 0.1) is 0 Å². The standard InChI is InChI=1S/C27H33N3O5/c1-30(2)14-13-23(26(32)33)28-25(31)24(15-17-11-12-17)29-27(34)35-16-22-20-9-5-3-7-18(20)19-8-4-6-10-21(19)22/h3-10,17,22-24H,11-16H2,1-2H3,(H,28,31)(H,29,34)(H,32,33)/t23?,24-/m0/s1. The lowest BCUT2D eigenvalue weighted by atomic mass is 9.98. The summed E-state index contributed by atoms with van der Waals surface area (Å²) in [6.45, 7) is 0.669. The molecule has 1 unspecified atom stereocenters. The predicted molar refractivity (Wildman–Crippen MR) is 132 cm³/mol. The molecule has 0 heterocycles. The molecule has 0 spiro atoms. The number of rotatable bonds is 11. The summed E-state index contributed by atoms with van der Waals surface area (Å²) in [6, 6.07) is 14.3. The molecule has 35 heavy (non-hydrogen) atoms. The van der Waals surface area contributed by atoms with Gasteiger partial charge in [0.25, 0.3) is 0 Å². The normalized spacial score (nSPS) is 16.2. The Morgan fingerprint density at radius 3 is 2.11 bits per heavy atom. The molecule has 0 bridgehead atoms. The van der Waals surface area contributed by atoms with Crippen molar-refractivity contribution in [1.82, 2.24) is 15.5 Å². The van der Waals surface area contributed by atoms with Crippen molar-refractivity contribution in [1.29, 1.82) is 0 Å². The molecule has 2 atom stereocenters. The van der Waals surface area contributed by atoms with E-state index in [1.165, 1.54) is 0 Å². The van der Waals surface area contributed by atoms with Crippen LogP contribution in [0.3, 0.4) is 0 Å². The zero-order chi connectivity index (χ0) is 24.9. The molecule has 4 rings (SSSR count). The Bertz CT molecular complexity index is 1040. The predicted octanol–water partition coefficient (Wildman–Crippen LogP) is 3.21. The first-order valence-electron chi connectivity index (χ1n) is 12.1. The summed E-state index contributed by atoms with van der Waals surface area (Å²) in [4.78, 5) is 39.2. The summed E-state index contributed by atoms with van der Waals surface area (Å²) >= 11 is 0. The van der Waals surface area contributed by atoms with Crippen LogP contribution in [0.4, 0.5) is 4.79 Å². The van der Waals surface area contributed by atoms with Crippen LogP contribution < -0.4 is 10.6 Å². The van der Waals surface area contributed by atoms with Crippen LogP contribution in [0.5, 0.6) is 0 Å². The molecule has 3 N–H and O–H groups in total. The Labute approximate surface area is 205 Å². The summed E-state index contributed by atoms with van der Waals surface area (Å²) in [5.74, 6) is -1.31. The number of ether oxygens (including phenoxy) is 1. The number of hydrogen-bond acceptors (Lipinski definition) is 5. The molecule has 0 aromatic heterocycles. The van der Waals surface area contributed by atoms with Gasteiger partial charge in [0.1, 0.15) is 18.7 Å². The lowest BCUT2D eigenvalue weighted by Crippen LogP contribution is -2.52. The van der Waals surface area contributed by atoms with Gasteiger partial charge in [0, 0.05) is 12.5 Å². The topological polar surface area (TPSA) is 108 Å². The Morgan fingerprint density at radius 2 is 1.57 bits per heavy atom. The molecule has 8 nitrogen and oxygen atoms in total. The number of amides is 2. The fourth-order valence-corrected chi connectivity index (χ4v) is 4.62. The summed E-state index contributed by atoms with van der Waals surface area (Å²) in [5.41, 5.74) is 4.50. The number of carbonyl (C=O) groups excluding carboxylic acids is 2. The van der Waals surface area contributed by atoms with Crippen molar-refractivity contribution in [3.63, 3.8) is 0 Å². The Hall–Kier alpha value is -3.39. The van der Waals surface area contributed by atoms with E-state index in [0.29, 0.717) is 18.9 Å². The minimum Gasteiger partial charge on any atom is -0.480 e. The highest BCUT2D eigenvalue weighted by Gasteiger charge is 2.34. The van der Waals surface area contributed by atoms with Crippen molar-refractivity contribution in [2.75, 3.05) is 27.2 Å². The molecule has 2 amide bonds. The summed E-state index contributed by atoms with van der Waals surface area (Å²) in [6.07, 6.45) is 2.07. The molecule has 2 aromatic rings. The van der Waals surface area contributed by atoms with Crippen LogP contribution in [0, 0.1) is 5.92 Å². The Morgan fingerprint density at radius 1 is 0.971 bits per heavy atom. The molecular weight excluding hydrogens is 446 g/mol. The van der Waals surface area contributed by atoms with Crippen LogP contribution in [0.2, 0.25) is 0 Å². The number of nitrogens with one attached hydrogen (secondary N) is 2. The van der Waals surface area contributed by atoms with E-state index in [4.69, 9.17) is 4.74 Å². The molecule has 2 aliphatic carbocycles. The number of fused-ring (bicyclic) bond motifs is 3. The van der Waals surface area contributed by atoms with E-state index in [2.05, 4.69) is 22.8 Å². The highest BCUT2D eigenvalue weighted by atomic mass is 16.5. The number of aliphatic carboxylic acids is 1. The molecule has 0 radical (unpaired) electrons. The van der Waals surface area contributed by atoms with Crippen molar-refractivity contribution in [2.45, 2.75) is 43.7 Å². The third-order valence-electron chi connectivity index (χ3n) is 6.70. The number of carboxylic acid groups (broad SMARTS) is 1. The molecule has 2 aromatic carbocycles. The minimum absolute atomic E-state index is 0.0775. The first kappa shape index (κ1) is 24.7. The maximum atomic E-state index is 12.9. The Kier molecular flexibility index (Phi) is 7.70. The van der Waals surface area contributed by atoms with E-state index in [-0.39, 0.29) is 18.9 Å². The molecule has 1 saturated carbocycles. The fraction of sp³-hybridized carbons (Fsp3) is 0.444. The second-order valence-electron chi connectivity index (χ2n) is 9.69. The molecule has 8 heteroatoms. The molecule has 1 fully saturated rings. The zero-order valence-electron chi connectivity index (χ0n) is 20.2. The van der Waals surface area contributed by atoms with Crippen LogP contribution in [0.1, 0.15) is 42.7 Å². The SMILES string of the molecule is CN(C)CCC(NC(=O)[C@H](CC1CC1)NC(=O)OCC1c2ccccc2-c2ccccc21)C(=O)O. The summed E-state index contributed by atoms with van der Waals surface area (Å²) in [7, 11) is 3.69. The smallest absolute Gasteiger partial charge is 0.407 e. The number of hydrogen-bond donors (Lipinski definition) is 3. The van der Waals surface area contributed by atoms with E-state index in [9.17, 15) is 19.5 Å². The van der Waals surface area contributed by atoms with E-state index >= 15 is 0 Å². The minimum atomic E-state index is -1.09. The Balaban J connectivity index is 1.38. The first-order chi connectivity index (χ1) is 16.8. The summed E-state index contributed by atoms with van der Waals surface area (Å²) < 4.78 is 5.60. The highest BCUT2D eigenvalue weighted by Crippen LogP contribution is 2.44. The molecule has 186 valence electrons. The quantitative estimate of drug-likeness (QED) is 0.457. The maximum Gasteiger partial charge on any atom is 0.407 e. The number of benzene rings is 2. The van der Waals surface area contributed by atoms with Gasteiger partial charge >= 0.3 is 12.1 Å². The van der Waals surface area contributed by atoms with E-state index in [0.717, 1.165) is 35.1 Å². The van der Waals surface area contributed by atoms with Crippen LogP contribution in [0.15, 0.2) is 48.5 Å². The highest BCUT2D eigenvalue weighted by molar-refractivity contribution is 5.89. The van der Waals surface area contributed by atoms with E-state index in [1.54, 1.807) is 0 Å². The monoisotopic (exact) mass is 479 g/mol. The molecular formula is C27H33N3O5. The van der Waals surface area contributed by atoms with Crippen molar-refractivity contribution in [3.05, 3.63) is 59.7 Å². The third kappa shape index (κ3) is 6.19. The van der Waals surface area contributed by atoms with Gasteiger partial charge < -0.3 is 25.4 Å². The van der Waals surface area contributed by atoms with Gasteiger partial charge in [0.2, 0.25) is 5.91 Å². The van der Waals surface area contributed by atoms with Crippen molar-refractivity contribution >= 4 is 18.0 Å². The number of carbonyl (C=O) groups is 3. The zero-order valence-corrected chi connectivity index (χ0v) is 20.2. The van der Waals surface area contributed by atoms with E-state index < -0.39 is 30.1 Å². The lowest BCUT2D eigenvalue weighted by molar-refractivity contribution is -0.142. The number of carboxylic acids is 1. The van der Waals surface area contributed by atoms with E-state index in [1.807, 2.05) is 55.4 Å². The average molecular weight is 480 g/mol. The third-order valence-corrected chi connectivity index (χ3v) is 6.70. The second-order valence-corrected chi connectivity index (χ2v) is 9.69. The fourth-order valence-electron chi connectivity index (χ4n) is 4.62. The van der Waals surface area contributed by atoms with Gasteiger partial charge in [-0.15, -0.1) is 0 Å². The van der Waals surface area contributed by atoms with Gasteiger partial charge in [-0.2, -0.15) is 0 Å². The molecule has 0 saturated heterocycles. The van der Waals surface area contributed by atoms with Gasteiger partial charge in [-0.25, -0.2) is 9.59 Å². The largest absolute Gasteiger partial charge is 0.480 e. The number of nitrogens with zero attached hydrogens (tertiary/aromatic N) is 1. The number of alkyl carbamates (subject to hydrolysis) is 1. The van der Waals surface area contributed by atoms with Gasteiger partial charge in [-0.05, 0) is 55.1 Å². The van der Waals surface area contributed by atoms with Crippen LogP contribution >= 0.6 is 0 Å². The van der Waals surface area contributed by atoms with Gasteiger partial charge in [-0.3, -0.25) is 4.79 Å². The molecule has 2 aliphatic rings. The molecule has 0 aliphatic heterocycles. The maximum absolute atomic E-state index is 12.9.